The van der Waals surface area contributed by atoms with E-state index in [1.807, 2.05) is 34.9 Å². The fraction of sp³-hybridized carbons (Fsp3) is 0.474. The van der Waals surface area contributed by atoms with Gasteiger partial charge in [-0.3, -0.25) is 14.3 Å². The van der Waals surface area contributed by atoms with Crippen molar-refractivity contribution in [1.29, 1.82) is 0 Å². The zero-order valence-corrected chi connectivity index (χ0v) is 20.4. The van der Waals surface area contributed by atoms with Crippen LogP contribution in [0.2, 0.25) is 18.1 Å². The number of benzene rings is 1. The first kappa shape index (κ1) is 22.5. The second kappa shape index (κ2) is 9.12. The molecule has 0 atom stereocenters. The molecule has 0 fully saturated rings. The maximum Gasteiger partial charge on any atom is 0.265 e. The number of aromatic amines is 1. The Morgan fingerprint density at radius 2 is 1.81 bits per heavy atom. The number of nitrogens with zero attached hydrogens (tertiary/aromatic N) is 1. The molecule has 8 heteroatoms. The quantitative estimate of drug-likeness (QED) is 0.238. The van der Waals surface area contributed by atoms with Crippen LogP contribution < -0.4 is 5.56 Å². The highest BCUT2D eigenvalue weighted by molar-refractivity contribution is 14.1. The van der Waals surface area contributed by atoms with Gasteiger partial charge in [-0.2, -0.15) is 0 Å². The number of rotatable bonds is 7. The monoisotopic (exact) mass is 518 g/mol. The Hall–Kier alpha value is -0.813. The summed E-state index contributed by atoms with van der Waals surface area (Å²) in [5.41, 5.74) is 1.52. The Bertz CT molecular complexity index is 889. The highest BCUT2D eigenvalue weighted by atomic mass is 127. The van der Waals surface area contributed by atoms with Gasteiger partial charge in [0.25, 0.3) is 5.56 Å². The van der Waals surface area contributed by atoms with Gasteiger partial charge in [-0.25, -0.2) is 0 Å². The zero-order chi connectivity index (χ0) is 20.2. The van der Waals surface area contributed by atoms with Gasteiger partial charge in [0.1, 0.15) is 10.3 Å². The molecule has 27 heavy (non-hydrogen) atoms. The molecule has 1 N–H and O–H groups in total. The van der Waals surface area contributed by atoms with E-state index in [4.69, 9.17) is 21.4 Å². The number of ether oxygens (including phenoxy) is 1. The zero-order valence-electron chi connectivity index (χ0n) is 16.5. The lowest BCUT2D eigenvalue weighted by atomic mass is 10.1. The Kier molecular flexibility index (Phi) is 7.59. The SMILES string of the molecule is CC(C)(C)[Si](C)(C)OCCOCn1c(-c2ccccc2)c(I)c(=O)[nH]c1=S. The molecule has 1 aromatic heterocycles. The van der Waals surface area contributed by atoms with Gasteiger partial charge >= 0.3 is 0 Å². The Morgan fingerprint density at radius 1 is 1.19 bits per heavy atom. The van der Waals surface area contributed by atoms with Crippen molar-refractivity contribution >= 4 is 43.1 Å². The largest absolute Gasteiger partial charge is 0.414 e. The molecule has 5 nitrogen and oxygen atoms in total. The van der Waals surface area contributed by atoms with E-state index in [1.165, 1.54) is 0 Å². The van der Waals surface area contributed by atoms with Crippen LogP contribution in [-0.4, -0.2) is 31.1 Å². The number of hydrogen-bond acceptors (Lipinski definition) is 4. The van der Waals surface area contributed by atoms with Gasteiger partial charge in [-0.15, -0.1) is 0 Å². The van der Waals surface area contributed by atoms with Crippen molar-refractivity contribution in [2.24, 2.45) is 0 Å². The maximum atomic E-state index is 12.2. The summed E-state index contributed by atoms with van der Waals surface area (Å²) in [4.78, 5) is 14.9. The molecule has 148 valence electrons. The number of nitrogens with one attached hydrogen (secondary N) is 1. The Labute approximate surface area is 180 Å². The summed E-state index contributed by atoms with van der Waals surface area (Å²) in [6.07, 6.45) is 0. The fourth-order valence-electron chi connectivity index (χ4n) is 2.28. The van der Waals surface area contributed by atoms with E-state index in [0.29, 0.717) is 21.6 Å². The molecule has 2 rings (SSSR count). The minimum absolute atomic E-state index is 0.172. The highest BCUT2D eigenvalue weighted by Crippen LogP contribution is 2.36. The van der Waals surface area contributed by atoms with Crippen LogP contribution in [0.4, 0.5) is 0 Å². The molecular formula is C19H27IN2O3SSi. The first-order valence-electron chi connectivity index (χ1n) is 8.84. The van der Waals surface area contributed by atoms with Gasteiger partial charge in [0, 0.05) is 0 Å². The molecule has 1 heterocycles. The Morgan fingerprint density at radius 3 is 2.41 bits per heavy atom. The van der Waals surface area contributed by atoms with Crippen LogP contribution >= 0.6 is 34.8 Å². The first-order chi connectivity index (χ1) is 12.5. The summed E-state index contributed by atoms with van der Waals surface area (Å²) >= 11 is 7.43. The van der Waals surface area contributed by atoms with Gasteiger partial charge in [0.15, 0.2) is 13.1 Å². The van der Waals surface area contributed by atoms with Crippen molar-refractivity contribution in [1.82, 2.24) is 9.55 Å². The number of halogens is 1. The van der Waals surface area contributed by atoms with E-state index in [2.05, 4.69) is 61.4 Å². The van der Waals surface area contributed by atoms with Gasteiger partial charge in [-0.1, -0.05) is 51.1 Å². The average Bonchev–Trinajstić information content (AvgIpc) is 2.58. The predicted octanol–water partition coefficient (Wildman–Crippen LogP) is 5.17. The van der Waals surface area contributed by atoms with Crippen LogP contribution in [0, 0.1) is 8.34 Å². The van der Waals surface area contributed by atoms with Crippen LogP contribution in [0.15, 0.2) is 35.1 Å². The van der Waals surface area contributed by atoms with Crippen molar-refractivity contribution in [3.63, 3.8) is 0 Å². The number of H-pyrrole nitrogens is 1. The third kappa shape index (κ3) is 5.60. The summed E-state index contributed by atoms with van der Waals surface area (Å²) in [7, 11) is -1.78. The minimum Gasteiger partial charge on any atom is -0.414 e. The molecule has 0 spiro atoms. The molecule has 0 aliphatic heterocycles. The van der Waals surface area contributed by atoms with Gasteiger partial charge < -0.3 is 9.16 Å². The van der Waals surface area contributed by atoms with E-state index >= 15 is 0 Å². The van der Waals surface area contributed by atoms with E-state index in [9.17, 15) is 4.79 Å². The molecule has 0 saturated carbocycles. The molecule has 2 aromatic rings. The molecule has 0 radical (unpaired) electrons. The fourth-order valence-corrected chi connectivity index (χ4v) is 4.28. The van der Waals surface area contributed by atoms with E-state index in [0.717, 1.165) is 11.3 Å². The van der Waals surface area contributed by atoms with Crippen LogP contribution in [0.5, 0.6) is 0 Å². The first-order valence-corrected chi connectivity index (χ1v) is 13.2. The lowest BCUT2D eigenvalue weighted by Gasteiger charge is -2.36. The van der Waals surface area contributed by atoms with Crippen molar-refractivity contribution in [3.8, 4) is 11.3 Å². The van der Waals surface area contributed by atoms with Crippen molar-refractivity contribution in [2.45, 2.75) is 45.6 Å². The molecule has 0 aliphatic rings. The summed E-state index contributed by atoms with van der Waals surface area (Å²) in [6.45, 7) is 12.4. The van der Waals surface area contributed by atoms with Crippen molar-refractivity contribution in [3.05, 3.63) is 49.0 Å². The van der Waals surface area contributed by atoms with E-state index < -0.39 is 8.32 Å². The van der Waals surface area contributed by atoms with Crippen LogP contribution in [0.25, 0.3) is 11.3 Å². The Balaban J connectivity index is 2.13. The van der Waals surface area contributed by atoms with Gasteiger partial charge in [0.2, 0.25) is 0 Å². The molecule has 0 aliphatic carbocycles. The summed E-state index contributed by atoms with van der Waals surface area (Å²) in [5, 5.41) is 0.172. The second-order valence-corrected chi connectivity index (χ2v) is 14.1. The van der Waals surface area contributed by atoms with Crippen LogP contribution in [0.1, 0.15) is 20.8 Å². The highest BCUT2D eigenvalue weighted by Gasteiger charge is 2.36. The van der Waals surface area contributed by atoms with E-state index in [-0.39, 0.29) is 17.3 Å². The summed E-state index contributed by atoms with van der Waals surface area (Å²) < 4.78 is 14.7. The van der Waals surface area contributed by atoms with Crippen molar-refractivity contribution in [2.75, 3.05) is 13.2 Å². The number of aromatic nitrogens is 2. The van der Waals surface area contributed by atoms with Crippen LogP contribution in [0.3, 0.4) is 0 Å². The van der Waals surface area contributed by atoms with E-state index in [1.54, 1.807) is 0 Å². The summed E-state index contributed by atoms with van der Waals surface area (Å²) in [6, 6.07) is 9.74. The maximum absolute atomic E-state index is 12.2. The minimum atomic E-state index is -1.78. The molecule has 0 amide bonds. The number of hydrogen-bond donors (Lipinski definition) is 1. The topological polar surface area (TPSA) is 56.2 Å². The molecule has 0 bridgehead atoms. The average molecular weight is 518 g/mol. The molecular weight excluding hydrogens is 491 g/mol. The lowest BCUT2D eigenvalue weighted by molar-refractivity contribution is 0.0500. The standard InChI is InChI=1S/C19H27IN2O3SSi/c1-19(2,3)27(4,5)25-12-11-24-13-22-16(14-9-7-6-8-10-14)15(20)17(23)21-18(22)26/h6-10H,11-13H2,1-5H3,(H,21,23,26). The summed E-state index contributed by atoms with van der Waals surface area (Å²) in [5.74, 6) is 0. The third-order valence-electron chi connectivity index (χ3n) is 4.91. The third-order valence-corrected chi connectivity index (χ3v) is 10.8. The van der Waals surface area contributed by atoms with Crippen LogP contribution in [-0.2, 0) is 15.9 Å². The van der Waals surface area contributed by atoms with Gasteiger partial charge in [-0.05, 0) is 58.5 Å². The molecule has 0 unspecified atom stereocenters. The normalized spacial score (nSPS) is 12.4. The second-order valence-electron chi connectivity index (χ2n) is 7.86. The lowest BCUT2D eigenvalue weighted by Crippen LogP contribution is -2.41. The smallest absolute Gasteiger partial charge is 0.265 e. The molecule has 1 aromatic carbocycles. The predicted molar refractivity (Wildman–Crippen MR) is 123 cm³/mol. The molecule has 0 saturated heterocycles. The van der Waals surface area contributed by atoms with Gasteiger partial charge in [0.05, 0.1) is 18.9 Å². The van der Waals surface area contributed by atoms with Crippen molar-refractivity contribution < 1.29 is 9.16 Å².